The van der Waals surface area contributed by atoms with Gasteiger partial charge in [-0.2, -0.15) is 0 Å². The van der Waals surface area contributed by atoms with Crippen molar-refractivity contribution >= 4 is 40.4 Å². The third-order valence-corrected chi connectivity index (χ3v) is 8.20. The molecule has 4 aliphatic carbocycles. The summed E-state index contributed by atoms with van der Waals surface area (Å²) in [7, 11) is 0. The number of halogens is 1. The Morgan fingerprint density at radius 3 is 2.30 bits per heavy atom. The molecule has 30 heavy (non-hydrogen) atoms. The summed E-state index contributed by atoms with van der Waals surface area (Å²) in [4.78, 5) is 36.5. The summed E-state index contributed by atoms with van der Waals surface area (Å²) in [5.74, 6) is 1.25. The average Bonchev–Trinajstić information content (AvgIpc) is 2.70. The molecule has 1 aromatic rings. The van der Waals surface area contributed by atoms with Gasteiger partial charge in [0.2, 0.25) is 0 Å². The molecule has 5 rings (SSSR count). The van der Waals surface area contributed by atoms with Crippen molar-refractivity contribution in [1.82, 2.24) is 10.6 Å². The summed E-state index contributed by atoms with van der Waals surface area (Å²) in [5, 5.41) is 5.63. The van der Waals surface area contributed by atoms with Gasteiger partial charge >= 0.3 is 5.97 Å². The Balaban J connectivity index is 1.21. The molecule has 0 saturated heterocycles. The Labute approximate surface area is 191 Å². The molecule has 1 atom stereocenters. The van der Waals surface area contributed by atoms with E-state index in [1.165, 1.54) is 38.5 Å². The number of carbonyl (C=O) groups is 3. The fraction of sp³-hybridized carbons (Fsp3) is 0.609. The van der Waals surface area contributed by atoms with E-state index >= 15 is 0 Å². The van der Waals surface area contributed by atoms with E-state index < -0.39 is 5.97 Å². The van der Waals surface area contributed by atoms with Gasteiger partial charge in [-0.15, -0.1) is 0 Å². The van der Waals surface area contributed by atoms with Gasteiger partial charge in [-0.3, -0.25) is 14.4 Å². The number of amides is 2. The Morgan fingerprint density at radius 1 is 1.10 bits per heavy atom. The molecule has 6 nitrogen and oxygen atoms in total. The molecule has 0 aromatic heterocycles. The van der Waals surface area contributed by atoms with Crippen molar-refractivity contribution in [2.75, 3.05) is 13.2 Å². The zero-order chi connectivity index (χ0) is 21.3. The fourth-order valence-electron chi connectivity index (χ4n) is 6.23. The van der Waals surface area contributed by atoms with Crippen LogP contribution in [0.2, 0.25) is 0 Å². The Hall–Kier alpha value is -1.64. The van der Waals surface area contributed by atoms with Crippen molar-refractivity contribution in [2.24, 2.45) is 23.2 Å². The molecule has 0 heterocycles. The number of carbonyl (C=O) groups excluding carboxylic acids is 3. The molecule has 162 valence electrons. The first-order chi connectivity index (χ1) is 14.3. The lowest BCUT2D eigenvalue weighted by molar-refractivity contribution is -0.148. The first-order valence-corrected chi connectivity index (χ1v) is 11.9. The first kappa shape index (κ1) is 21.6. The molecule has 0 aliphatic heterocycles. The molecular weight excluding hydrogens is 495 g/mol. The van der Waals surface area contributed by atoms with Crippen LogP contribution < -0.4 is 10.6 Å². The van der Waals surface area contributed by atoms with Crippen LogP contribution in [-0.2, 0) is 14.3 Å². The van der Waals surface area contributed by atoms with Crippen LogP contribution in [0.4, 0.5) is 0 Å². The minimum Gasteiger partial charge on any atom is -0.454 e. The topological polar surface area (TPSA) is 84.5 Å². The zero-order valence-electron chi connectivity index (χ0n) is 17.3. The third-order valence-electron chi connectivity index (χ3n) is 7.26. The van der Waals surface area contributed by atoms with Gasteiger partial charge in [0.25, 0.3) is 11.8 Å². The average molecular weight is 524 g/mol. The predicted molar refractivity (Wildman–Crippen MR) is 121 cm³/mol. The summed E-state index contributed by atoms with van der Waals surface area (Å²) < 4.78 is 5.88. The number of rotatable bonds is 7. The maximum atomic E-state index is 12.4. The van der Waals surface area contributed by atoms with Crippen LogP contribution in [-0.4, -0.2) is 37.0 Å². The summed E-state index contributed by atoms with van der Waals surface area (Å²) in [6.45, 7) is 1.53. The van der Waals surface area contributed by atoms with Crippen molar-refractivity contribution < 1.29 is 19.1 Å². The maximum Gasteiger partial charge on any atom is 0.325 e. The van der Waals surface area contributed by atoms with E-state index in [-0.39, 0.29) is 36.4 Å². The van der Waals surface area contributed by atoms with Crippen LogP contribution in [0.15, 0.2) is 24.3 Å². The number of nitrogens with one attached hydrogen (secondary N) is 2. The molecular formula is C23H29IN2O4. The molecule has 4 fully saturated rings. The van der Waals surface area contributed by atoms with Gasteiger partial charge in [-0.25, -0.2) is 0 Å². The molecule has 1 aromatic carbocycles. The van der Waals surface area contributed by atoms with E-state index in [1.807, 2.05) is 12.1 Å². The number of hydrogen-bond donors (Lipinski definition) is 2. The number of ether oxygens (including phenoxy) is 1. The van der Waals surface area contributed by atoms with Crippen LogP contribution in [0.25, 0.3) is 0 Å². The van der Waals surface area contributed by atoms with Gasteiger partial charge in [0.1, 0.15) is 6.54 Å². The maximum absolute atomic E-state index is 12.4. The molecule has 4 saturated carbocycles. The standard InChI is InChI=1S/C23H29IN2O4/c1-14(23-9-15-6-16(10-23)8-17(7-15)11-23)26-20(27)13-30-21(28)12-25-22(29)18-4-2-3-5-19(18)24/h2-5,14-17H,6-13H2,1H3,(H,25,29)(H,26,27). The van der Waals surface area contributed by atoms with E-state index in [4.69, 9.17) is 4.74 Å². The highest BCUT2D eigenvalue weighted by atomic mass is 127. The molecule has 0 radical (unpaired) electrons. The third kappa shape index (κ3) is 4.65. The van der Waals surface area contributed by atoms with E-state index in [9.17, 15) is 14.4 Å². The van der Waals surface area contributed by atoms with E-state index in [1.54, 1.807) is 12.1 Å². The lowest BCUT2D eigenvalue weighted by atomic mass is 9.48. The lowest BCUT2D eigenvalue weighted by Crippen LogP contribution is -2.56. The smallest absolute Gasteiger partial charge is 0.325 e. The largest absolute Gasteiger partial charge is 0.454 e. The van der Waals surface area contributed by atoms with Crippen LogP contribution in [0, 0.1) is 26.7 Å². The van der Waals surface area contributed by atoms with Gasteiger partial charge in [0.15, 0.2) is 6.61 Å². The van der Waals surface area contributed by atoms with Crippen molar-refractivity contribution in [2.45, 2.75) is 51.5 Å². The number of benzene rings is 1. The predicted octanol–water partition coefficient (Wildman–Crippen LogP) is 3.29. The highest BCUT2D eigenvalue weighted by Crippen LogP contribution is 2.61. The minimum atomic E-state index is -0.619. The van der Waals surface area contributed by atoms with Crippen molar-refractivity contribution in [3.05, 3.63) is 33.4 Å². The Bertz CT molecular complexity index is 805. The normalized spacial score (nSPS) is 29.9. The van der Waals surface area contributed by atoms with E-state index in [0.29, 0.717) is 5.56 Å². The van der Waals surface area contributed by atoms with Gasteiger partial charge in [0.05, 0.1) is 5.56 Å². The van der Waals surface area contributed by atoms with Gasteiger partial charge in [-0.1, -0.05) is 12.1 Å². The van der Waals surface area contributed by atoms with Gasteiger partial charge in [0, 0.05) is 9.61 Å². The second kappa shape index (κ2) is 8.85. The monoisotopic (exact) mass is 524 g/mol. The fourth-order valence-corrected chi connectivity index (χ4v) is 6.87. The SMILES string of the molecule is CC(NC(=O)COC(=O)CNC(=O)c1ccccc1I)C12CC3CC(CC(C3)C1)C2. The first-order valence-electron chi connectivity index (χ1n) is 10.8. The highest BCUT2D eigenvalue weighted by molar-refractivity contribution is 14.1. The van der Waals surface area contributed by atoms with Crippen LogP contribution in [0.3, 0.4) is 0 Å². The number of esters is 1. The van der Waals surface area contributed by atoms with E-state index in [0.717, 1.165) is 21.3 Å². The Morgan fingerprint density at radius 2 is 1.70 bits per heavy atom. The highest BCUT2D eigenvalue weighted by Gasteiger charge is 2.53. The quantitative estimate of drug-likeness (QED) is 0.424. The van der Waals surface area contributed by atoms with Gasteiger partial charge in [-0.05, 0) is 103 Å². The lowest BCUT2D eigenvalue weighted by Gasteiger charge is -2.59. The molecule has 2 amide bonds. The van der Waals surface area contributed by atoms with Crippen molar-refractivity contribution in [1.29, 1.82) is 0 Å². The summed E-state index contributed by atoms with van der Waals surface area (Å²) in [6, 6.07) is 7.22. The molecule has 2 N–H and O–H groups in total. The Kier molecular flexibility index (Phi) is 6.36. The zero-order valence-corrected chi connectivity index (χ0v) is 19.4. The summed E-state index contributed by atoms with van der Waals surface area (Å²) >= 11 is 2.07. The molecule has 4 bridgehead atoms. The number of hydrogen-bond acceptors (Lipinski definition) is 4. The summed E-state index contributed by atoms with van der Waals surface area (Å²) in [6.07, 6.45) is 7.74. The molecule has 1 unspecified atom stereocenters. The van der Waals surface area contributed by atoms with Crippen molar-refractivity contribution in [3.8, 4) is 0 Å². The van der Waals surface area contributed by atoms with Crippen LogP contribution >= 0.6 is 22.6 Å². The molecule has 4 aliphatic rings. The summed E-state index contributed by atoms with van der Waals surface area (Å²) in [5.41, 5.74) is 0.725. The second-order valence-corrected chi connectivity index (χ2v) is 10.6. The van der Waals surface area contributed by atoms with Crippen molar-refractivity contribution in [3.63, 3.8) is 0 Å². The van der Waals surface area contributed by atoms with E-state index in [2.05, 4.69) is 40.1 Å². The van der Waals surface area contributed by atoms with Crippen LogP contribution in [0.1, 0.15) is 55.8 Å². The second-order valence-electron chi connectivity index (χ2n) is 9.39. The minimum absolute atomic E-state index is 0.0944. The van der Waals surface area contributed by atoms with Gasteiger partial charge < -0.3 is 15.4 Å². The molecule has 0 spiro atoms. The van der Waals surface area contributed by atoms with Crippen LogP contribution in [0.5, 0.6) is 0 Å². The molecule has 7 heteroatoms.